The topological polar surface area (TPSA) is 41.1 Å². The zero-order valence-electron chi connectivity index (χ0n) is 18.4. The van der Waals surface area contributed by atoms with Crippen LogP contribution in [0.15, 0.2) is 0 Å². The van der Waals surface area contributed by atoms with E-state index in [9.17, 15) is 4.79 Å². The summed E-state index contributed by atoms with van der Waals surface area (Å²) in [5.74, 6) is -7.71. The lowest BCUT2D eigenvalue weighted by Gasteiger charge is -2.39. The molecule has 2 N–H and O–H groups in total. The Labute approximate surface area is 89.9 Å². The fourth-order valence-corrected chi connectivity index (χ4v) is 1.07. The molecule has 0 aromatic rings. The lowest BCUT2D eigenvalue weighted by molar-refractivity contribution is -0.129. The summed E-state index contributed by atoms with van der Waals surface area (Å²) in [5.41, 5.74) is 0. The highest BCUT2D eigenvalue weighted by atomic mass is 16.2. The van der Waals surface area contributed by atoms with Crippen LogP contribution in [0.4, 0.5) is 0 Å². The van der Waals surface area contributed by atoms with Gasteiger partial charge in [0.1, 0.15) is 1.41 Å². The van der Waals surface area contributed by atoms with Crippen molar-refractivity contribution in [1.29, 1.82) is 0 Å². The summed E-state index contributed by atoms with van der Waals surface area (Å²) in [6.07, 6.45) is -7.06. The zero-order chi connectivity index (χ0) is 19.3. The summed E-state index contributed by atoms with van der Waals surface area (Å²) in [7, 11) is 0. The Balaban J connectivity index is 2.89. The lowest BCUT2D eigenvalue weighted by Crippen LogP contribution is -2.58. The van der Waals surface area contributed by atoms with Gasteiger partial charge < -0.3 is 10.6 Å². The quantitative estimate of drug-likeness (QED) is 0.556. The van der Waals surface area contributed by atoms with Gasteiger partial charge in [-0.25, -0.2) is 0 Å². The predicted octanol–water partition coefficient (Wildman–Crippen LogP) is 0.120. The first kappa shape index (κ1) is 2.08. The molecule has 3 heteroatoms. The normalized spacial score (nSPS) is 87.9. The molecule has 0 aromatic heterocycles. The Hall–Kier alpha value is -0.570. The first-order valence-corrected chi connectivity index (χ1v) is 3.46. The number of carbonyl (C=O) groups excluding carboxylic acids is 1. The molecule has 0 aliphatic carbocycles. The number of hydrogen-bond donors (Lipinski definition) is 2. The summed E-state index contributed by atoms with van der Waals surface area (Å²) in [4.78, 5) is 12.4. The Kier molecular flexibility index (Phi) is 0.530. The van der Waals surface area contributed by atoms with Crippen LogP contribution in [0.25, 0.3) is 0 Å². The fourth-order valence-electron chi connectivity index (χ4n) is 1.07. The van der Waals surface area contributed by atoms with E-state index in [2.05, 4.69) is 0 Å². The van der Waals surface area contributed by atoms with Crippen LogP contribution in [0, 0.1) is 11.8 Å². The number of nitrogens with one attached hydrogen (secondary N) is 2. The molecule has 0 aromatic carbocycles. The monoisotopic (exact) mass is 180 g/mol. The molecule has 3 unspecified atom stereocenters. The maximum Gasteiger partial charge on any atom is 0.224 e. The van der Waals surface area contributed by atoms with Crippen LogP contribution in [0.5, 0.6) is 0 Å². The van der Waals surface area contributed by atoms with Gasteiger partial charge in [-0.05, 0) is 25.1 Å². The molecular formula is C9H16N2O. The van der Waals surface area contributed by atoms with E-state index >= 15 is 0 Å². The number of rotatable bonds is 0. The van der Waals surface area contributed by atoms with Gasteiger partial charge in [-0.15, -0.1) is 0 Å². The van der Waals surface area contributed by atoms with E-state index in [-0.39, 0.29) is 10.6 Å². The SMILES string of the molecule is [2H]N1C(=O)C2([2H])C(N([2H])C([2H])([2H])C([2H])([2H])C2([2H])[2H])C([2H])(C)C1([2H])[2H]. The maximum absolute atomic E-state index is 12.4. The van der Waals surface area contributed by atoms with Crippen LogP contribution in [-0.2, 0) is 4.79 Å². The molecule has 0 saturated carbocycles. The zero-order valence-corrected chi connectivity index (χ0v) is 6.38. The highest BCUT2D eigenvalue weighted by Gasteiger charge is 2.37. The molecule has 0 spiro atoms. The standard InChI is InChI=1S/C9H16N2O/c1-6-5-11-9(12)7-3-2-4-10-8(6)7/h6-8,10H,2-5H2,1H3,(H,11,12)/i2D2,3D2,4D2,5D2,6D,7D/hD2. The van der Waals surface area contributed by atoms with E-state index < -0.39 is 49.5 Å². The Bertz CT molecular complexity index is 591. The third-order valence-corrected chi connectivity index (χ3v) is 1.69. The van der Waals surface area contributed by atoms with Crippen molar-refractivity contribution in [3.05, 3.63) is 0 Å². The van der Waals surface area contributed by atoms with Crippen molar-refractivity contribution in [3.8, 4) is 0 Å². The van der Waals surface area contributed by atoms with Crippen LogP contribution in [-0.4, -0.2) is 24.9 Å². The highest BCUT2D eigenvalue weighted by Crippen LogP contribution is 2.25. The highest BCUT2D eigenvalue weighted by molar-refractivity contribution is 5.80. The van der Waals surface area contributed by atoms with E-state index in [1.807, 2.05) is 0 Å². The fraction of sp³-hybridized carbons (Fsp3) is 0.889. The third-order valence-electron chi connectivity index (χ3n) is 1.69. The molecule has 2 aliphatic rings. The van der Waals surface area contributed by atoms with Gasteiger partial charge in [0.25, 0.3) is 0 Å². The molecule has 3 nitrogen and oxygen atoms in total. The van der Waals surface area contributed by atoms with E-state index in [4.69, 9.17) is 16.5 Å². The van der Waals surface area contributed by atoms with Crippen molar-refractivity contribution in [2.75, 3.05) is 13.0 Å². The first-order valence-electron chi connectivity index (χ1n) is 9.35. The smallest absolute Gasteiger partial charge is 0.224 e. The van der Waals surface area contributed by atoms with Gasteiger partial charge in [-0.3, -0.25) is 4.79 Å². The van der Waals surface area contributed by atoms with Crippen LogP contribution >= 0.6 is 0 Å². The maximum atomic E-state index is 12.4. The third kappa shape index (κ3) is 1.22. The van der Waals surface area contributed by atoms with Crippen molar-refractivity contribution in [1.82, 2.24) is 10.6 Å². The van der Waals surface area contributed by atoms with Crippen LogP contribution in [0.2, 0.25) is 2.82 Å². The molecule has 2 rings (SSSR count). The Morgan fingerprint density at radius 3 is 3.50 bits per heavy atom. The van der Waals surface area contributed by atoms with Crippen molar-refractivity contribution >= 4 is 5.91 Å². The average Bonchev–Trinajstić information content (AvgIpc) is 2.41. The van der Waals surface area contributed by atoms with Gasteiger partial charge in [-0.2, -0.15) is 0 Å². The Morgan fingerprint density at radius 2 is 2.67 bits per heavy atom. The lowest BCUT2D eigenvalue weighted by atomic mass is 9.80. The summed E-state index contributed by atoms with van der Waals surface area (Å²) in [5, 5.41) is -0.594. The van der Waals surface area contributed by atoms with Gasteiger partial charge >= 0.3 is 0 Å². The second kappa shape index (κ2) is 3.05. The Morgan fingerprint density at radius 1 is 1.83 bits per heavy atom. The molecular weight excluding hydrogens is 152 g/mol. The molecule has 2 saturated heterocycles. The number of piperidine rings is 2. The van der Waals surface area contributed by atoms with Crippen molar-refractivity contribution in [2.45, 2.75) is 25.7 Å². The second-order valence-corrected chi connectivity index (χ2v) is 2.52. The first-order chi connectivity index (χ1) is 10.3. The van der Waals surface area contributed by atoms with Gasteiger partial charge in [0.05, 0.1) is 5.89 Å². The van der Waals surface area contributed by atoms with Crippen molar-refractivity contribution in [2.24, 2.45) is 11.8 Å². The van der Waals surface area contributed by atoms with Gasteiger partial charge in [-0.1, -0.05) is 6.92 Å². The van der Waals surface area contributed by atoms with E-state index in [0.717, 1.165) is 6.92 Å². The molecule has 12 heavy (non-hydrogen) atoms. The number of hydrogen-bond acceptors (Lipinski definition) is 2. The molecule has 0 bridgehead atoms. The summed E-state index contributed by atoms with van der Waals surface area (Å²) in [6.45, 7) is -5.59. The van der Waals surface area contributed by atoms with Crippen molar-refractivity contribution < 1.29 is 21.3 Å². The summed E-state index contributed by atoms with van der Waals surface area (Å²) in [6, 6.07) is -2.30. The second-order valence-electron chi connectivity index (χ2n) is 2.52. The molecule has 68 valence electrons. The van der Waals surface area contributed by atoms with Gasteiger partial charge in [0, 0.05) is 26.2 Å². The van der Waals surface area contributed by atoms with Crippen LogP contribution in [0.1, 0.15) is 33.4 Å². The number of fused-ring (bicyclic) bond motifs is 1. The molecule has 0 radical (unpaired) electrons. The largest absolute Gasteiger partial charge is 0.355 e. The average molecular weight is 180 g/mol. The molecule has 2 fully saturated rings. The minimum Gasteiger partial charge on any atom is -0.355 e. The van der Waals surface area contributed by atoms with E-state index in [1.165, 1.54) is 0 Å². The number of carbonyl (C=O) groups is 1. The van der Waals surface area contributed by atoms with E-state index in [0.29, 0.717) is 0 Å². The summed E-state index contributed by atoms with van der Waals surface area (Å²) >= 11 is 0. The minimum absolute atomic E-state index is 0.211. The molecule has 2 aliphatic heterocycles. The van der Waals surface area contributed by atoms with Crippen LogP contribution < -0.4 is 10.6 Å². The van der Waals surface area contributed by atoms with E-state index in [1.54, 1.807) is 0 Å². The molecule has 2 heterocycles. The van der Waals surface area contributed by atoms with Gasteiger partial charge in [0.2, 0.25) is 5.91 Å². The van der Waals surface area contributed by atoms with Crippen molar-refractivity contribution in [3.63, 3.8) is 0 Å². The number of amides is 1. The van der Waals surface area contributed by atoms with Gasteiger partial charge in [0.15, 0.2) is 1.41 Å². The molecule has 1 amide bonds. The predicted molar refractivity (Wildman–Crippen MR) is 46.7 cm³/mol. The molecule has 3 atom stereocenters. The van der Waals surface area contributed by atoms with Crippen LogP contribution in [0.3, 0.4) is 0 Å². The minimum atomic E-state index is -3.54. The summed E-state index contributed by atoms with van der Waals surface area (Å²) < 4.78 is 94.3.